The van der Waals surface area contributed by atoms with Crippen molar-refractivity contribution in [3.8, 4) is 0 Å². The van der Waals surface area contributed by atoms with Crippen LogP contribution in [0.2, 0.25) is 0 Å². The molecule has 168 valence electrons. The lowest BCUT2D eigenvalue weighted by Crippen LogP contribution is -2.50. The second-order valence-electron chi connectivity index (χ2n) is 10.5. The first-order valence-electron chi connectivity index (χ1n) is 11.2. The summed E-state index contributed by atoms with van der Waals surface area (Å²) in [7, 11) is 0. The van der Waals surface area contributed by atoms with Crippen LogP contribution in [0.15, 0.2) is 12.2 Å². The van der Waals surface area contributed by atoms with Gasteiger partial charge in [-0.15, -0.1) is 0 Å². The van der Waals surface area contributed by atoms with Gasteiger partial charge in [0, 0.05) is 12.3 Å². The Morgan fingerprint density at radius 2 is 1.87 bits per heavy atom. The monoisotopic (exact) mass is 420 g/mol. The predicted octanol–water partition coefficient (Wildman–Crippen LogP) is 4.07. The van der Waals surface area contributed by atoms with Gasteiger partial charge in [0.05, 0.1) is 5.92 Å². The van der Waals surface area contributed by atoms with Gasteiger partial charge in [-0.3, -0.25) is 14.4 Å². The van der Waals surface area contributed by atoms with Crippen molar-refractivity contribution in [2.24, 2.45) is 34.5 Å². The van der Waals surface area contributed by atoms with E-state index in [1.165, 1.54) is 0 Å². The highest BCUT2D eigenvalue weighted by Gasteiger charge is 2.72. The summed E-state index contributed by atoms with van der Waals surface area (Å²) in [6.45, 7) is 16.1. The van der Waals surface area contributed by atoms with Crippen molar-refractivity contribution in [2.45, 2.75) is 79.4 Å². The van der Waals surface area contributed by atoms with Crippen molar-refractivity contribution >= 4 is 17.9 Å². The van der Waals surface area contributed by atoms with E-state index in [4.69, 9.17) is 14.2 Å². The molecule has 0 amide bonds. The normalized spacial score (nSPS) is 38.1. The van der Waals surface area contributed by atoms with Gasteiger partial charge in [0.25, 0.3) is 0 Å². The van der Waals surface area contributed by atoms with Crippen LogP contribution in [0, 0.1) is 34.5 Å². The maximum Gasteiger partial charge on any atom is 0.320 e. The lowest BCUT2D eigenvalue weighted by Gasteiger charge is -2.46. The molecule has 6 unspecified atom stereocenters. The smallest absolute Gasteiger partial charge is 0.320 e. The highest BCUT2D eigenvalue weighted by atomic mass is 16.6. The summed E-state index contributed by atoms with van der Waals surface area (Å²) >= 11 is 0. The molecule has 1 aliphatic heterocycles. The summed E-state index contributed by atoms with van der Waals surface area (Å²) in [5.74, 6) is -1.10. The molecule has 2 saturated carbocycles. The molecule has 1 saturated heterocycles. The Labute approximate surface area is 179 Å². The van der Waals surface area contributed by atoms with Crippen LogP contribution in [0.1, 0.15) is 67.2 Å². The van der Waals surface area contributed by atoms with Gasteiger partial charge in [0.2, 0.25) is 0 Å². The van der Waals surface area contributed by atoms with Crippen LogP contribution in [0.5, 0.6) is 0 Å². The zero-order valence-corrected chi connectivity index (χ0v) is 19.2. The minimum absolute atomic E-state index is 0.142. The van der Waals surface area contributed by atoms with Crippen LogP contribution in [0.4, 0.5) is 0 Å². The molecule has 0 N–H and O–H groups in total. The fraction of sp³-hybridized carbons (Fsp3) is 0.792. The number of ether oxygens (including phenoxy) is 3. The van der Waals surface area contributed by atoms with Crippen LogP contribution in [0.3, 0.4) is 0 Å². The van der Waals surface area contributed by atoms with Crippen LogP contribution < -0.4 is 0 Å². The average molecular weight is 421 g/mol. The molecule has 1 spiro atoms. The highest BCUT2D eigenvalue weighted by Crippen LogP contribution is 2.66. The first kappa shape index (κ1) is 22.8. The molecular weight excluding hydrogens is 384 g/mol. The molecular formula is C24H36O6. The maximum atomic E-state index is 13.1. The molecule has 6 atom stereocenters. The zero-order chi connectivity index (χ0) is 22.4. The molecule has 6 nitrogen and oxygen atoms in total. The summed E-state index contributed by atoms with van der Waals surface area (Å²) < 4.78 is 17.4. The van der Waals surface area contributed by atoms with Crippen molar-refractivity contribution in [3.05, 3.63) is 12.2 Å². The minimum atomic E-state index is -1.06. The minimum Gasteiger partial charge on any atom is -0.462 e. The number of carbonyl (C=O) groups is 3. The van der Waals surface area contributed by atoms with Gasteiger partial charge < -0.3 is 14.2 Å². The summed E-state index contributed by atoms with van der Waals surface area (Å²) in [5, 5.41) is 0. The van der Waals surface area contributed by atoms with Crippen molar-refractivity contribution in [3.63, 3.8) is 0 Å². The number of esters is 3. The Morgan fingerprint density at radius 3 is 2.40 bits per heavy atom. The summed E-state index contributed by atoms with van der Waals surface area (Å²) in [6.07, 6.45) is 1.28. The molecule has 0 aromatic heterocycles. The van der Waals surface area contributed by atoms with Crippen LogP contribution in [-0.4, -0.2) is 36.7 Å². The van der Waals surface area contributed by atoms with Gasteiger partial charge >= 0.3 is 17.9 Å². The topological polar surface area (TPSA) is 78.9 Å². The van der Waals surface area contributed by atoms with Crippen molar-refractivity contribution < 1.29 is 28.6 Å². The first-order valence-corrected chi connectivity index (χ1v) is 11.2. The van der Waals surface area contributed by atoms with Crippen molar-refractivity contribution in [2.75, 3.05) is 6.61 Å². The Hall–Kier alpha value is -1.85. The molecule has 0 aromatic carbocycles. The van der Waals surface area contributed by atoms with Gasteiger partial charge in [0.15, 0.2) is 0 Å². The third-order valence-corrected chi connectivity index (χ3v) is 7.59. The van der Waals surface area contributed by atoms with Crippen molar-refractivity contribution in [1.82, 2.24) is 0 Å². The Bertz CT molecular complexity index is 722. The highest BCUT2D eigenvalue weighted by molar-refractivity contribution is 5.86. The number of carbonyl (C=O) groups excluding carboxylic acids is 3. The molecule has 6 heteroatoms. The number of hydrogen-bond acceptors (Lipinski definition) is 6. The van der Waals surface area contributed by atoms with E-state index >= 15 is 0 Å². The van der Waals surface area contributed by atoms with E-state index in [0.717, 1.165) is 6.42 Å². The van der Waals surface area contributed by atoms with E-state index in [0.29, 0.717) is 24.8 Å². The van der Waals surface area contributed by atoms with E-state index in [-0.39, 0.29) is 53.6 Å². The summed E-state index contributed by atoms with van der Waals surface area (Å²) in [4.78, 5) is 38.3. The Balaban J connectivity index is 2.04. The van der Waals surface area contributed by atoms with E-state index < -0.39 is 17.6 Å². The fourth-order valence-corrected chi connectivity index (χ4v) is 5.70. The van der Waals surface area contributed by atoms with Crippen LogP contribution >= 0.6 is 0 Å². The fourth-order valence-electron chi connectivity index (χ4n) is 5.70. The molecule has 0 radical (unpaired) electrons. The second kappa shape index (κ2) is 8.01. The SMILES string of the molecule is C=C1COC(=O)C12CC1(C)C(C)CCC(OC(=O)CC(C)C)C1C2OC(=O)C(C)C. The molecule has 3 rings (SSSR count). The molecule has 30 heavy (non-hydrogen) atoms. The molecule has 2 aliphatic carbocycles. The van der Waals surface area contributed by atoms with Gasteiger partial charge in [-0.2, -0.15) is 0 Å². The number of hydrogen-bond donors (Lipinski definition) is 0. The molecule has 3 fully saturated rings. The number of fused-ring (bicyclic) bond motifs is 1. The molecule has 3 aliphatic rings. The third-order valence-electron chi connectivity index (χ3n) is 7.59. The van der Waals surface area contributed by atoms with Gasteiger partial charge in [0.1, 0.15) is 24.2 Å². The largest absolute Gasteiger partial charge is 0.462 e. The first-order chi connectivity index (χ1) is 13.9. The number of rotatable bonds is 5. The predicted molar refractivity (Wildman–Crippen MR) is 111 cm³/mol. The van der Waals surface area contributed by atoms with E-state index in [9.17, 15) is 14.4 Å². The lowest BCUT2D eigenvalue weighted by molar-refractivity contribution is -0.178. The average Bonchev–Trinajstić information content (AvgIpc) is 3.07. The standard InChI is InChI=1S/C24H36O6/c1-13(2)10-18(25)29-17-9-8-15(5)23(7)12-24(16(6)11-28-22(24)27)20(19(17)23)30-21(26)14(3)4/h13-15,17,19-20H,6,8-12H2,1-5,7H3. The summed E-state index contributed by atoms with van der Waals surface area (Å²) in [5.41, 5.74) is -0.746. The van der Waals surface area contributed by atoms with Crippen LogP contribution in [0.25, 0.3) is 0 Å². The molecule has 1 heterocycles. The van der Waals surface area contributed by atoms with Gasteiger partial charge in [-0.05, 0) is 42.1 Å². The molecule has 0 bridgehead atoms. The maximum absolute atomic E-state index is 13.1. The van der Waals surface area contributed by atoms with E-state index in [2.05, 4.69) is 20.4 Å². The Kier molecular flexibility index (Phi) is 6.09. The lowest BCUT2D eigenvalue weighted by atomic mass is 9.61. The third kappa shape index (κ3) is 3.56. The second-order valence-corrected chi connectivity index (χ2v) is 10.5. The number of cyclic esters (lactones) is 1. The zero-order valence-electron chi connectivity index (χ0n) is 19.2. The van der Waals surface area contributed by atoms with Crippen molar-refractivity contribution in [1.29, 1.82) is 0 Å². The van der Waals surface area contributed by atoms with Gasteiger partial charge in [-0.1, -0.05) is 48.1 Å². The van der Waals surface area contributed by atoms with Gasteiger partial charge in [-0.25, -0.2) is 0 Å². The van der Waals surface area contributed by atoms with Crippen LogP contribution in [-0.2, 0) is 28.6 Å². The van der Waals surface area contributed by atoms with E-state index in [1.807, 2.05) is 13.8 Å². The molecule has 0 aromatic rings. The van der Waals surface area contributed by atoms with E-state index in [1.54, 1.807) is 13.8 Å². The Morgan fingerprint density at radius 1 is 1.20 bits per heavy atom. The quantitative estimate of drug-likeness (QED) is 0.379. The summed E-state index contributed by atoms with van der Waals surface area (Å²) in [6, 6.07) is 0.